The lowest BCUT2D eigenvalue weighted by atomic mass is 9.87. The number of benzene rings is 1. The maximum atomic E-state index is 15.2. The molecule has 2 amide bonds. The zero-order valence-corrected chi connectivity index (χ0v) is 21.1. The van der Waals surface area contributed by atoms with Crippen LogP contribution in [0.15, 0.2) is 36.7 Å². The second-order valence-electron chi connectivity index (χ2n) is 10.6. The van der Waals surface area contributed by atoms with Gasteiger partial charge in [-0.1, -0.05) is 0 Å². The Morgan fingerprint density at radius 1 is 1.03 bits per heavy atom. The van der Waals surface area contributed by atoms with Gasteiger partial charge in [-0.2, -0.15) is 0 Å². The summed E-state index contributed by atoms with van der Waals surface area (Å²) in [7, 11) is 0. The fourth-order valence-electron chi connectivity index (χ4n) is 5.86. The van der Waals surface area contributed by atoms with E-state index in [1.807, 2.05) is 26.0 Å². The fourth-order valence-corrected chi connectivity index (χ4v) is 5.86. The molecule has 1 aromatic carbocycles. The van der Waals surface area contributed by atoms with Gasteiger partial charge in [-0.15, -0.1) is 0 Å². The number of hydrogen-bond acceptors (Lipinski definition) is 7. The van der Waals surface area contributed by atoms with Crippen molar-refractivity contribution in [3.05, 3.63) is 48.0 Å². The lowest BCUT2D eigenvalue weighted by molar-refractivity contribution is -0.118. The molecule has 194 valence electrons. The van der Waals surface area contributed by atoms with Crippen LogP contribution in [0.4, 0.5) is 27.3 Å². The summed E-state index contributed by atoms with van der Waals surface area (Å²) < 4.78 is 27.3. The number of carbonyl (C=O) groups is 2. The molecule has 0 aliphatic carbocycles. The van der Waals surface area contributed by atoms with Crippen molar-refractivity contribution >= 4 is 34.7 Å². The Hall–Kier alpha value is -4.21. The van der Waals surface area contributed by atoms with Crippen LogP contribution in [0, 0.1) is 5.82 Å². The number of halogens is 1. The van der Waals surface area contributed by atoms with Crippen LogP contribution in [0.2, 0.25) is 0 Å². The molecule has 9 nitrogen and oxygen atoms in total. The molecule has 10 heteroatoms. The van der Waals surface area contributed by atoms with Crippen LogP contribution in [0.1, 0.15) is 45.1 Å². The summed E-state index contributed by atoms with van der Waals surface area (Å²) >= 11 is 0. The van der Waals surface area contributed by atoms with E-state index in [0.29, 0.717) is 66.8 Å². The van der Waals surface area contributed by atoms with Gasteiger partial charge in [0.05, 0.1) is 23.6 Å². The van der Waals surface area contributed by atoms with E-state index in [9.17, 15) is 9.59 Å². The van der Waals surface area contributed by atoms with Gasteiger partial charge < -0.3 is 24.6 Å². The number of rotatable bonds is 3. The molecule has 1 N–H and O–H groups in total. The van der Waals surface area contributed by atoms with Crippen molar-refractivity contribution in [3.63, 3.8) is 0 Å². The number of hydrogen-bond donors (Lipinski definition) is 1. The number of ether oxygens (including phenoxy) is 2. The Kier molecular flexibility index (Phi) is 4.92. The number of pyridine rings is 2. The minimum Gasteiger partial charge on any atom is -0.482 e. The monoisotopic (exact) mass is 515 g/mol. The summed E-state index contributed by atoms with van der Waals surface area (Å²) in [6.45, 7) is 4.85. The van der Waals surface area contributed by atoms with E-state index >= 15 is 4.39 Å². The molecule has 0 radical (unpaired) electrons. The molecule has 0 unspecified atom stereocenters. The minimum atomic E-state index is -0.733. The second-order valence-corrected chi connectivity index (χ2v) is 10.6. The number of anilines is 4. The molecule has 7 rings (SSSR count). The van der Waals surface area contributed by atoms with E-state index in [0.717, 1.165) is 17.5 Å². The summed E-state index contributed by atoms with van der Waals surface area (Å²) in [5.74, 6) is 1.06. The topological polar surface area (TPSA) is 96.9 Å². The van der Waals surface area contributed by atoms with Crippen LogP contribution < -0.4 is 24.6 Å². The van der Waals surface area contributed by atoms with Gasteiger partial charge in [0.25, 0.3) is 0 Å². The molecular weight excluding hydrogens is 489 g/mol. The quantitative estimate of drug-likeness (QED) is 0.542. The Balaban J connectivity index is 1.23. The molecule has 38 heavy (non-hydrogen) atoms. The van der Waals surface area contributed by atoms with Gasteiger partial charge in [0.1, 0.15) is 35.3 Å². The van der Waals surface area contributed by atoms with E-state index in [4.69, 9.17) is 9.47 Å². The van der Waals surface area contributed by atoms with Crippen molar-refractivity contribution in [1.82, 2.24) is 9.97 Å². The van der Waals surface area contributed by atoms with Crippen LogP contribution in [-0.2, 0) is 15.2 Å². The fraction of sp³-hybridized carbons (Fsp3) is 0.357. The van der Waals surface area contributed by atoms with E-state index in [1.165, 1.54) is 11.0 Å². The van der Waals surface area contributed by atoms with E-state index in [2.05, 4.69) is 15.3 Å². The van der Waals surface area contributed by atoms with Gasteiger partial charge in [0.2, 0.25) is 17.7 Å². The van der Waals surface area contributed by atoms with E-state index in [1.54, 1.807) is 23.4 Å². The number of nitrogens with zero attached hydrogens (tertiary/aromatic N) is 4. The second kappa shape index (κ2) is 8.14. The van der Waals surface area contributed by atoms with E-state index < -0.39 is 11.4 Å². The van der Waals surface area contributed by atoms with Crippen molar-refractivity contribution in [1.29, 1.82) is 0 Å². The zero-order valence-electron chi connectivity index (χ0n) is 21.1. The largest absolute Gasteiger partial charge is 0.482 e. The van der Waals surface area contributed by atoms with Crippen LogP contribution in [0.25, 0.3) is 11.1 Å². The van der Waals surface area contributed by atoms with Gasteiger partial charge in [-0.3, -0.25) is 9.59 Å². The number of carbonyl (C=O) groups excluding carboxylic acids is 2. The molecule has 3 aromatic rings. The molecule has 6 heterocycles. The zero-order chi connectivity index (χ0) is 26.2. The van der Waals surface area contributed by atoms with Gasteiger partial charge in [-0.25, -0.2) is 14.4 Å². The predicted octanol–water partition coefficient (Wildman–Crippen LogP) is 4.67. The average molecular weight is 516 g/mol. The highest BCUT2D eigenvalue weighted by Crippen LogP contribution is 2.48. The molecule has 2 saturated heterocycles. The number of fused-ring (bicyclic) bond motifs is 6. The van der Waals surface area contributed by atoms with Crippen molar-refractivity contribution in [2.75, 3.05) is 28.3 Å². The molecule has 0 bridgehead atoms. The summed E-state index contributed by atoms with van der Waals surface area (Å²) in [5, 5.41) is 3.28. The average Bonchev–Trinajstić information content (AvgIpc) is 3.49. The number of aromatic nitrogens is 2. The van der Waals surface area contributed by atoms with Crippen LogP contribution in [-0.4, -0.2) is 41.0 Å². The molecule has 1 atom stereocenters. The Labute approximate surface area is 218 Å². The van der Waals surface area contributed by atoms with Crippen molar-refractivity contribution in [3.8, 4) is 22.8 Å². The molecule has 2 fully saturated rings. The molecular formula is C28H26FN5O4. The van der Waals surface area contributed by atoms with Gasteiger partial charge in [-0.05, 0) is 44.9 Å². The van der Waals surface area contributed by atoms with Crippen LogP contribution in [0.3, 0.4) is 0 Å². The van der Waals surface area contributed by atoms with Gasteiger partial charge in [0.15, 0.2) is 0 Å². The Morgan fingerprint density at radius 2 is 1.89 bits per heavy atom. The Morgan fingerprint density at radius 3 is 2.71 bits per heavy atom. The number of amides is 2. The van der Waals surface area contributed by atoms with Crippen molar-refractivity contribution < 1.29 is 23.5 Å². The third kappa shape index (κ3) is 3.50. The third-order valence-corrected chi connectivity index (χ3v) is 7.72. The standard InChI is InChI=1S/C28H26FN5O4/c1-28(2)19-10-24(32-15-8-22-27(31-12-15)37-14-16-5-6-26(36)34(16)22)30-13-18(19)17-9-20(29)21(11-23(17)38-28)33-7-3-4-25(33)35/h8-13,16H,3-7,14H2,1-2H3,(H,30,32)/t16-/m0/s1. The molecule has 4 aliphatic rings. The molecule has 2 aromatic heterocycles. The first kappa shape index (κ1) is 22.9. The predicted molar refractivity (Wildman–Crippen MR) is 138 cm³/mol. The summed E-state index contributed by atoms with van der Waals surface area (Å²) in [6.07, 6.45) is 5.77. The first-order chi connectivity index (χ1) is 18.3. The minimum absolute atomic E-state index is 0.0384. The molecule has 0 saturated carbocycles. The maximum absolute atomic E-state index is 15.2. The highest BCUT2D eigenvalue weighted by atomic mass is 19.1. The highest BCUT2D eigenvalue weighted by Gasteiger charge is 2.39. The highest BCUT2D eigenvalue weighted by molar-refractivity contribution is 5.98. The van der Waals surface area contributed by atoms with Crippen LogP contribution in [0.5, 0.6) is 11.6 Å². The maximum Gasteiger partial charge on any atom is 0.238 e. The molecule has 0 spiro atoms. The lowest BCUT2D eigenvalue weighted by Gasteiger charge is -2.35. The normalized spacial score (nSPS) is 20.8. The Bertz CT molecular complexity index is 1520. The van der Waals surface area contributed by atoms with Gasteiger partial charge >= 0.3 is 0 Å². The SMILES string of the molecule is CC1(C)Oc2cc(N3CCCC3=O)c(F)cc2-c2cnc(Nc3cnc4c(c3)N3C(=O)CC[C@H]3CO4)cc21. The summed E-state index contributed by atoms with van der Waals surface area (Å²) in [6, 6.07) is 6.82. The third-order valence-electron chi connectivity index (χ3n) is 7.72. The number of nitrogens with one attached hydrogen (secondary N) is 1. The van der Waals surface area contributed by atoms with Crippen molar-refractivity contribution in [2.45, 2.75) is 51.2 Å². The van der Waals surface area contributed by atoms with Crippen molar-refractivity contribution in [2.24, 2.45) is 0 Å². The van der Waals surface area contributed by atoms with Crippen LogP contribution >= 0.6 is 0 Å². The van der Waals surface area contributed by atoms with Gasteiger partial charge in [0, 0.05) is 48.3 Å². The first-order valence-electron chi connectivity index (χ1n) is 12.8. The molecule has 4 aliphatic heterocycles. The lowest BCUT2D eigenvalue weighted by Crippen LogP contribution is -2.40. The summed E-state index contributed by atoms with van der Waals surface area (Å²) in [4.78, 5) is 37.0. The smallest absolute Gasteiger partial charge is 0.238 e. The summed E-state index contributed by atoms with van der Waals surface area (Å²) in [5.41, 5.74) is 3.05. The first-order valence-corrected chi connectivity index (χ1v) is 12.8. The van der Waals surface area contributed by atoms with E-state index in [-0.39, 0.29) is 23.5 Å².